The van der Waals surface area contributed by atoms with Gasteiger partial charge in [-0.15, -0.1) is 0 Å². The third-order valence-electron chi connectivity index (χ3n) is 6.66. The summed E-state index contributed by atoms with van der Waals surface area (Å²) < 4.78 is 5.31. The second kappa shape index (κ2) is 12.0. The monoisotopic (exact) mass is 490 g/mol. The second-order valence-electron chi connectivity index (χ2n) is 9.02. The molecule has 0 bridgehead atoms. The van der Waals surface area contributed by atoms with E-state index in [2.05, 4.69) is 15.6 Å². The number of nitrogens with one attached hydrogen (secondary N) is 2. The molecule has 2 aliphatic rings. The molecule has 1 spiro atoms. The zero-order valence-electron chi connectivity index (χ0n) is 20.7. The van der Waals surface area contributed by atoms with Crippen LogP contribution >= 0.6 is 0 Å². The van der Waals surface area contributed by atoms with E-state index in [1.54, 1.807) is 4.90 Å². The number of nitrogens with zero attached hydrogens (tertiary/aromatic N) is 3. The molecule has 2 aliphatic heterocycles. The van der Waals surface area contributed by atoms with Gasteiger partial charge in [0.05, 0.1) is 0 Å². The van der Waals surface area contributed by atoms with Crippen molar-refractivity contribution in [2.75, 3.05) is 32.8 Å². The molecule has 2 unspecified atom stereocenters. The molecule has 0 radical (unpaired) electrons. The largest absolute Gasteiger partial charge is 0.461 e. The van der Waals surface area contributed by atoms with Gasteiger partial charge in [-0.3, -0.25) is 14.5 Å². The standard InChI is InChI=1S/C24H35N5O6/c1-4-20(5-2)35-22(31)18(3)26-29(33)34-16-21(30)27-13-14-28(15-19-9-7-6-8-10-19)24(17-27)11-12-25-23(24)32/h6-10,18,20H,4-5,11-17H2,1-3H3,(H-,25,26,32,33)/p+1. The van der Waals surface area contributed by atoms with E-state index in [1.165, 1.54) is 6.92 Å². The lowest BCUT2D eigenvalue weighted by Gasteiger charge is -2.47. The summed E-state index contributed by atoms with van der Waals surface area (Å²) in [7, 11) is 0. The van der Waals surface area contributed by atoms with Crippen LogP contribution in [0.25, 0.3) is 0 Å². The van der Waals surface area contributed by atoms with Crippen LogP contribution in [-0.2, 0) is 30.5 Å². The Morgan fingerprint density at radius 2 is 1.91 bits per heavy atom. The van der Waals surface area contributed by atoms with E-state index in [-0.39, 0.29) is 23.6 Å². The third kappa shape index (κ3) is 6.47. The van der Waals surface area contributed by atoms with Crippen molar-refractivity contribution in [3.8, 4) is 0 Å². The van der Waals surface area contributed by atoms with Gasteiger partial charge in [-0.2, -0.15) is 4.84 Å². The number of amides is 2. The molecule has 0 aliphatic carbocycles. The summed E-state index contributed by atoms with van der Waals surface area (Å²) in [4.78, 5) is 58.5. The van der Waals surface area contributed by atoms with Crippen LogP contribution in [0, 0.1) is 4.91 Å². The van der Waals surface area contributed by atoms with Gasteiger partial charge < -0.3 is 15.0 Å². The number of piperazine rings is 1. The zero-order valence-corrected chi connectivity index (χ0v) is 20.7. The van der Waals surface area contributed by atoms with Gasteiger partial charge >= 0.3 is 11.0 Å². The van der Waals surface area contributed by atoms with Crippen LogP contribution in [0.4, 0.5) is 0 Å². The molecule has 35 heavy (non-hydrogen) atoms. The normalized spacial score (nSPS) is 21.0. The molecular formula is C24H36N5O6+. The minimum absolute atomic E-state index is 0.0143. The maximum absolute atomic E-state index is 12.9. The highest BCUT2D eigenvalue weighted by Gasteiger charge is 2.51. The first kappa shape index (κ1) is 26.4. The predicted molar refractivity (Wildman–Crippen MR) is 126 cm³/mol. The van der Waals surface area contributed by atoms with Crippen LogP contribution in [0.1, 0.15) is 45.6 Å². The Balaban J connectivity index is 1.53. The summed E-state index contributed by atoms with van der Waals surface area (Å²) >= 11 is 0. The van der Waals surface area contributed by atoms with Crippen molar-refractivity contribution < 1.29 is 29.0 Å². The highest BCUT2D eigenvalue weighted by molar-refractivity contribution is 5.90. The van der Waals surface area contributed by atoms with Gasteiger partial charge in [0, 0.05) is 32.7 Å². The molecule has 2 fully saturated rings. The number of carbonyl (C=O) groups is 3. The van der Waals surface area contributed by atoms with E-state index in [0.717, 1.165) is 5.56 Å². The number of esters is 1. The first-order valence-electron chi connectivity index (χ1n) is 12.2. The molecule has 0 saturated carbocycles. The van der Waals surface area contributed by atoms with E-state index < -0.39 is 30.1 Å². The van der Waals surface area contributed by atoms with Crippen molar-refractivity contribution in [1.29, 1.82) is 0 Å². The highest BCUT2D eigenvalue weighted by Crippen LogP contribution is 2.30. The molecule has 11 heteroatoms. The van der Waals surface area contributed by atoms with Gasteiger partial charge in [0.15, 0.2) is 6.04 Å². The fourth-order valence-electron chi connectivity index (χ4n) is 4.49. The van der Waals surface area contributed by atoms with E-state index >= 15 is 0 Å². The average Bonchev–Trinajstić information content (AvgIpc) is 3.22. The number of hydrogen-bond acceptors (Lipinski definition) is 7. The van der Waals surface area contributed by atoms with Crippen molar-refractivity contribution in [3.63, 3.8) is 0 Å². The molecule has 2 atom stereocenters. The van der Waals surface area contributed by atoms with Gasteiger partial charge in [0.1, 0.15) is 16.5 Å². The Morgan fingerprint density at radius 3 is 2.54 bits per heavy atom. The van der Waals surface area contributed by atoms with Crippen LogP contribution in [0.2, 0.25) is 0 Å². The molecule has 1 aromatic rings. The van der Waals surface area contributed by atoms with E-state index in [1.807, 2.05) is 44.2 Å². The number of carbonyl (C=O) groups excluding carboxylic acids is 3. The first-order chi connectivity index (χ1) is 16.8. The Kier molecular flexibility index (Phi) is 9.02. The Morgan fingerprint density at radius 1 is 1.20 bits per heavy atom. The lowest BCUT2D eigenvalue weighted by molar-refractivity contribution is -0.842. The molecule has 2 amide bonds. The topological polar surface area (TPSA) is 120 Å². The SMILES string of the molecule is CCC(CC)OC(=O)C(C)N[N+](=O)OCC(=O)N1CCN(Cc2ccccc2)C2(CCNC2=O)C1. The van der Waals surface area contributed by atoms with E-state index in [9.17, 15) is 19.3 Å². The number of ether oxygens (including phenoxy) is 1. The molecule has 0 aromatic heterocycles. The first-order valence-corrected chi connectivity index (χ1v) is 12.2. The molecule has 11 nitrogen and oxygen atoms in total. The summed E-state index contributed by atoms with van der Waals surface area (Å²) in [5.74, 6) is -1.07. The zero-order chi connectivity index (χ0) is 25.4. The van der Waals surface area contributed by atoms with Crippen LogP contribution < -0.4 is 10.7 Å². The summed E-state index contributed by atoms with van der Waals surface area (Å²) in [6, 6.07) is 8.97. The Bertz CT molecular complexity index is 909. The van der Waals surface area contributed by atoms with Crippen LogP contribution in [0.3, 0.4) is 0 Å². The van der Waals surface area contributed by atoms with Crippen LogP contribution in [0.5, 0.6) is 0 Å². The Hall–Kier alpha value is -3.21. The lowest BCUT2D eigenvalue weighted by Crippen LogP contribution is -2.66. The number of benzene rings is 1. The van der Waals surface area contributed by atoms with Gasteiger partial charge in [0.25, 0.3) is 5.91 Å². The summed E-state index contributed by atoms with van der Waals surface area (Å²) in [5, 5.41) is 2.91. The van der Waals surface area contributed by atoms with Crippen molar-refractivity contribution in [2.45, 2.75) is 64.3 Å². The lowest BCUT2D eigenvalue weighted by atomic mass is 9.91. The molecule has 3 rings (SSSR count). The number of hydrogen-bond donors (Lipinski definition) is 2. The average molecular weight is 491 g/mol. The summed E-state index contributed by atoms with van der Waals surface area (Å²) in [5.41, 5.74) is 2.60. The maximum Gasteiger partial charge on any atom is 0.358 e. The van der Waals surface area contributed by atoms with Gasteiger partial charge in [-0.05, 0) is 31.7 Å². The minimum atomic E-state index is -0.935. The fourth-order valence-corrected chi connectivity index (χ4v) is 4.49. The smallest absolute Gasteiger partial charge is 0.358 e. The maximum atomic E-state index is 12.9. The molecule has 1 aromatic carbocycles. The number of hydrazine groups is 1. The summed E-state index contributed by atoms with van der Waals surface area (Å²) in [6.45, 7) is 7.10. The molecule has 192 valence electrons. The second-order valence-corrected chi connectivity index (χ2v) is 9.02. The van der Waals surface area contributed by atoms with Crippen molar-refractivity contribution >= 4 is 17.8 Å². The van der Waals surface area contributed by atoms with Crippen molar-refractivity contribution in [1.82, 2.24) is 20.5 Å². The molecular weight excluding hydrogens is 454 g/mol. The van der Waals surface area contributed by atoms with E-state index in [4.69, 9.17) is 9.57 Å². The molecule has 2 N–H and O–H groups in total. The van der Waals surface area contributed by atoms with Gasteiger partial charge in [0.2, 0.25) is 12.5 Å². The van der Waals surface area contributed by atoms with Gasteiger partial charge in [-0.1, -0.05) is 49.6 Å². The quantitative estimate of drug-likeness (QED) is 0.347. The molecule has 2 saturated heterocycles. The fraction of sp³-hybridized carbons (Fsp3) is 0.625. The van der Waals surface area contributed by atoms with Crippen LogP contribution in [-0.4, -0.2) is 83.1 Å². The Labute approximate surface area is 205 Å². The summed E-state index contributed by atoms with van der Waals surface area (Å²) in [6.07, 6.45) is 1.74. The van der Waals surface area contributed by atoms with E-state index in [0.29, 0.717) is 45.4 Å². The van der Waals surface area contributed by atoms with Crippen LogP contribution in [0.15, 0.2) is 30.3 Å². The minimum Gasteiger partial charge on any atom is -0.461 e. The van der Waals surface area contributed by atoms with Crippen molar-refractivity contribution in [3.05, 3.63) is 40.8 Å². The predicted octanol–water partition coefficient (Wildman–Crippen LogP) is 0.925. The number of rotatable bonds is 11. The van der Waals surface area contributed by atoms with Crippen molar-refractivity contribution in [2.24, 2.45) is 0 Å². The highest BCUT2D eigenvalue weighted by atomic mass is 16.8. The third-order valence-corrected chi connectivity index (χ3v) is 6.66. The van der Waals surface area contributed by atoms with Gasteiger partial charge in [-0.25, -0.2) is 4.79 Å². The molecule has 2 heterocycles.